The van der Waals surface area contributed by atoms with E-state index in [1.165, 1.54) is 0 Å². The maximum atomic E-state index is 12.2. The predicted octanol–water partition coefficient (Wildman–Crippen LogP) is 2.39. The number of rotatable bonds is 3. The molecule has 0 rings (SSSR count). The van der Waals surface area contributed by atoms with E-state index >= 15 is 0 Å². The van der Waals surface area contributed by atoms with E-state index in [4.69, 9.17) is 5.26 Å². The van der Waals surface area contributed by atoms with Crippen LogP contribution in [0.25, 0.3) is 0 Å². The molecule has 0 aliphatic carbocycles. The van der Waals surface area contributed by atoms with Crippen LogP contribution in [0, 0.1) is 17.5 Å². The first-order chi connectivity index (χ1) is 4.96. The molecule has 1 unspecified atom stereocenters. The number of alkyl halides is 3. The van der Waals surface area contributed by atoms with Gasteiger partial charge in [-0.15, -0.1) is 0 Å². The largest absolute Gasteiger partial charge is 0.329 e. The minimum absolute atomic E-state index is 0.526. The lowest BCUT2D eigenvalue weighted by Crippen LogP contribution is -2.33. The van der Waals surface area contributed by atoms with Crippen molar-refractivity contribution in [3.8, 4) is 6.07 Å². The zero-order chi connectivity index (χ0) is 9.07. The second kappa shape index (κ2) is 3.56. The topological polar surface area (TPSA) is 23.8 Å². The number of hydrogen-bond acceptors (Lipinski definition) is 1. The van der Waals surface area contributed by atoms with Crippen LogP contribution in [0.3, 0.4) is 0 Å². The third-order valence-electron chi connectivity index (χ3n) is 1.14. The van der Waals surface area contributed by atoms with Crippen LogP contribution in [0.4, 0.5) is 17.6 Å². The Balaban J connectivity index is 4.33. The van der Waals surface area contributed by atoms with Gasteiger partial charge >= 0.3 is 12.1 Å². The molecule has 0 amide bonds. The summed E-state index contributed by atoms with van der Waals surface area (Å²) in [7, 11) is 0. The fourth-order valence-electron chi connectivity index (χ4n) is 0.468. The Labute approximate surface area is 61.6 Å². The van der Waals surface area contributed by atoms with Crippen LogP contribution in [0.5, 0.6) is 0 Å². The number of nitriles is 1. The zero-order valence-electron chi connectivity index (χ0n) is 5.74. The third kappa shape index (κ3) is 2.07. The van der Waals surface area contributed by atoms with Gasteiger partial charge in [-0.1, -0.05) is 6.92 Å². The van der Waals surface area contributed by atoms with Crippen molar-refractivity contribution >= 4 is 0 Å². The summed E-state index contributed by atoms with van der Waals surface area (Å²) in [5, 5.41) is 7.71. The molecule has 1 nitrogen and oxygen atoms in total. The lowest BCUT2D eigenvalue weighted by atomic mass is 10.1. The fraction of sp³-hybridized carbons (Fsp3) is 0.667. The second-order valence-corrected chi connectivity index (χ2v) is 1.92. The first-order valence-electron chi connectivity index (χ1n) is 2.91. The molecule has 0 N–H and O–H groups in total. The molecule has 0 heterocycles. The van der Waals surface area contributed by atoms with Gasteiger partial charge in [-0.05, 0) is 6.42 Å². The molecule has 0 aliphatic heterocycles. The lowest BCUT2D eigenvalue weighted by Gasteiger charge is -2.17. The normalized spacial score (nSPS) is 14.6. The van der Waals surface area contributed by atoms with Crippen molar-refractivity contribution in [1.29, 1.82) is 5.26 Å². The molecule has 11 heavy (non-hydrogen) atoms. The van der Waals surface area contributed by atoms with Crippen molar-refractivity contribution in [2.45, 2.75) is 25.4 Å². The fourth-order valence-corrected chi connectivity index (χ4v) is 0.468. The van der Waals surface area contributed by atoms with E-state index in [-0.39, 0.29) is 0 Å². The van der Waals surface area contributed by atoms with Crippen molar-refractivity contribution in [2.24, 2.45) is 0 Å². The van der Waals surface area contributed by atoms with Crippen molar-refractivity contribution in [3.05, 3.63) is 6.17 Å². The average molecular weight is 168 g/mol. The summed E-state index contributed by atoms with van der Waals surface area (Å²) in [6.07, 6.45) is -5.42. The molecule has 0 saturated heterocycles. The van der Waals surface area contributed by atoms with Crippen molar-refractivity contribution < 1.29 is 17.6 Å². The van der Waals surface area contributed by atoms with E-state index < -0.39 is 24.7 Å². The monoisotopic (exact) mass is 168 g/mol. The van der Waals surface area contributed by atoms with E-state index in [2.05, 4.69) is 0 Å². The van der Waals surface area contributed by atoms with Gasteiger partial charge in [-0.25, -0.2) is 8.78 Å². The Morgan fingerprint density at radius 2 is 2.09 bits per heavy atom. The molecule has 0 aromatic heterocycles. The van der Waals surface area contributed by atoms with Gasteiger partial charge in [0, 0.05) is 0 Å². The molecule has 0 fully saturated rings. The summed E-state index contributed by atoms with van der Waals surface area (Å²) in [6, 6.07) is 0.580. The zero-order valence-corrected chi connectivity index (χ0v) is 5.74. The van der Waals surface area contributed by atoms with E-state index in [0.29, 0.717) is 6.07 Å². The Morgan fingerprint density at radius 3 is 2.36 bits per heavy atom. The van der Waals surface area contributed by atoms with E-state index in [0.717, 1.165) is 6.92 Å². The Kier molecular flexibility index (Phi) is 3.30. The minimum Gasteiger partial charge on any atom is -0.241 e. The predicted molar refractivity (Wildman–Crippen MR) is 30.1 cm³/mol. The van der Waals surface area contributed by atoms with Crippen molar-refractivity contribution in [1.82, 2.24) is 0 Å². The SMILES string of the molecule is CCC(F)C(F)(F)[C](F)C#N. The van der Waals surface area contributed by atoms with Gasteiger partial charge < -0.3 is 0 Å². The highest BCUT2D eigenvalue weighted by Crippen LogP contribution is 2.34. The summed E-state index contributed by atoms with van der Waals surface area (Å²) < 4.78 is 48.5. The van der Waals surface area contributed by atoms with Crippen LogP contribution >= 0.6 is 0 Å². The molecule has 0 bridgehead atoms. The van der Waals surface area contributed by atoms with E-state index in [9.17, 15) is 17.6 Å². The van der Waals surface area contributed by atoms with Gasteiger partial charge in [-0.3, -0.25) is 0 Å². The summed E-state index contributed by atoms with van der Waals surface area (Å²) in [5.41, 5.74) is 0. The smallest absolute Gasteiger partial charge is 0.241 e. The van der Waals surface area contributed by atoms with Gasteiger partial charge in [0.15, 0.2) is 6.17 Å². The molecule has 1 radical (unpaired) electrons. The molecule has 5 heteroatoms. The highest BCUT2D eigenvalue weighted by molar-refractivity contribution is 5.13. The van der Waals surface area contributed by atoms with Crippen LogP contribution in [0.2, 0.25) is 0 Å². The average Bonchev–Trinajstić information content (AvgIpc) is 2.01. The molecular weight excluding hydrogens is 162 g/mol. The van der Waals surface area contributed by atoms with Crippen molar-refractivity contribution in [2.75, 3.05) is 0 Å². The highest BCUT2D eigenvalue weighted by atomic mass is 19.3. The minimum atomic E-state index is -4.26. The van der Waals surface area contributed by atoms with E-state index in [1.807, 2.05) is 0 Å². The van der Waals surface area contributed by atoms with Crippen LogP contribution in [-0.2, 0) is 0 Å². The van der Waals surface area contributed by atoms with Gasteiger partial charge in [0.2, 0.25) is 0 Å². The quantitative estimate of drug-likeness (QED) is 0.593. The lowest BCUT2D eigenvalue weighted by molar-refractivity contribution is -0.0746. The number of nitrogens with zero attached hydrogens (tertiary/aromatic N) is 1. The van der Waals surface area contributed by atoms with Crippen LogP contribution in [-0.4, -0.2) is 12.1 Å². The first kappa shape index (κ1) is 10.2. The van der Waals surface area contributed by atoms with Gasteiger partial charge in [0.25, 0.3) is 0 Å². The Hall–Kier alpha value is -0.790. The molecule has 0 saturated carbocycles. The van der Waals surface area contributed by atoms with Gasteiger partial charge in [0.05, 0.1) is 0 Å². The highest BCUT2D eigenvalue weighted by Gasteiger charge is 2.49. The molecule has 0 spiro atoms. The standard InChI is InChI=1S/C6H6F4N/c1-2-4(7)6(9,10)5(8)3-11/h4H,2H2,1H3. The maximum Gasteiger partial charge on any atom is 0.329 e. The molecule has 1 atom stereocenters. The summed E-state index contributed by atoms with van der Waals surface area (Å²) in [6.45, 7) is 1.14. The molecule has 0 aromatic rings. The van der Waals surface area contributed by atoms with Crippen LogP contribution < -0.4 is 0 Å². The summed E-state index contributed by atoms with van der Waals surface area (Å²) in [4.78, 5) is 0. The van der Waals surface area contributed by atoms with Crippen molar-refractivity contribution in [3.63, 3.8) is 0 Å². The second-order valence-electron chi connectivity index (χ2n) is 1.92. The van der Waals surface area contributed by atoms with Gasteiger partial charge in [-0.2, -0.15) is 14.0 Å². The molecular formula is C6H6F4N. The molecule has 0 aromatic carbocycles. The van der Waals surface area contributed by atoms with Crippen LogP contribution in [0.15, 0.2) is 0 Å². The third-order valence-corrected chi connectivity index (χ3v) is 1.14. The molecule has 0 aliphatic rings. The Bertz CT molecular complexity index is 162. The van der Waals surface area contributed by atoms with Gasteiger partial charge in [0.1, 0.15) is 6.07 Å². The van der Waals surface area contributed by atoms with E-state index in [1.54, 1.807) is 0 Å². The first-order valence-corrected chi connectivity index (χ1v) is 2.91. The Morgan fingerprint density at radius 1 is 1.64 bits per heavy atom. The number of halogens is 4. The van der Waals surface area contributed by atoms with Crippen LogP contribution in [0.1, 0.15) is 13.3 Å². The summed E-state index contributed by atoms with van der Waals surface area (Å²) in [5.74, 6) is -4.26. The maximum absolute atomic E-state index is 12.2. The summed E-state index contributed by atoms with van der Waals surface area (Å²) >= 11 is 0. The molecule has 63 valence electrons. The number of hydrogen-bond donors (Lipinski definition) is 0.